The van der Waals surface area contributed by atoms with E-state index in [4.69, 9.17) is 15.2 Å². The van der Waals surface area contributed by atoms with Crippen LogP contribution in [0.2, 0.25) is 0 Å². The minimum Gasteiger partial charge on any atom is -0.492 e. The second-order valence-corrected chi connectivity index (χ2v) is 4.76. The summed E-state index contributed by atoms with van der Waals surface area (Å²) < 4.78 is 7.51. The van der Waals surface area contributed by atoms with Gasteiger partial charge in [0.1, 0.15) is 18.1 Å². The van der Waals surface area contributed by atoms with Gasteiger partial charge in [-0.05, 0) is 24.3 Å². The van der Waals surface area contributed by atoms with E-state index in [2.05, 4.69) is 9.97 Å². The maximum absolute atomic E-state index is 11.5. The lowest BCUT2D eigenvalue weighted by molar-refractivity contribution is -0.260. The maximum atomic E-state index is 11.5. The largest absolute Gasteiger partial charge is 0.492 e. The van der Waals surface area contributed by atoms with E-state index in [-0.39, 0.29) is 5.69 Å². The highest BCUT2D eigenvalue weighted by molar-refractivity contribution is 5.94. The standard InChI is InChI=1S/C15H14N4O4/c20-15(19(21)22)13-9-14-11(10-17-13)3-6-18(14)7-8-23-12-1-4-16-5-2-12/h1-6,9-10,21-22H,7-8H2. The smallest absolute Gasteiger partial charge is 0.321 e. The van der Waals surface area contributed by atoms with Crippen LogP contribution >= 0.6 is 0 Å². The highest BCUT2D eigenvalue weighted by Crippen LogP contribution is 2.17. The Hall–Kier alpha value is -2.97. The van der Waals surface area contributed by atoms with Gasteiger partial charge in [0.05, 0.1) is 12.1 Å². The van der Waals surface area contributed by atoms with Crippen LogP contribution in [0.3, 0.4) is 0 Å². The lowest BCUT2D eigenvalue weighted by Gasteiger charge is -2.09. The summed E-state index contributed by atoms with van der Waals surface area (Å²) in [7, 11) is 0. The van der Waals surface area contributed by atoms with Crippen LogP contribution in [0, 0.1) is 0 Å². The fraction of sp³-hybridized carbons (Fsp3) is 0.133. The number of hydroxylamine groups is 2. The molecule has 0 bridgehead atoms. The van der Waals surface area contributed by atoms with Crippen molar-refractivity contribution in [2.75, 3.05) is 6.61 Å². The van der Waals surface area contributed by atoms with Crippen molar-refractivity contribution in [1.82, 2.24) is 19.8 Å². The average molecular weight is 314 g/mol. The molecule has 0 aliphatic carbocycles. The van der Waals surface area contributed by atoms with Gasteiger partial charge in [-0.2, -0.15) is 0 Å². The van der Waals surface area contributed by atoms with Crippen molar-refractivity contribution in [2.24, 2.45) is 0 Å². The zero-order valence-electron chi connectivity index (χ0n) is 12.0. The van der Waals surface area contributed by atoms with Gasteiger partial charge in [0.15, 0.2) is 0 Å². The highest BCUT2D eigenvalue weighted by Gasteiger charge is 2.14. The number of aromatic nitrogens is 3. The van der Waals surface area contributed by atoms with E-state index in [0.717, 1.165) is 16.7 Å². The summed E-state index contributed by atoms with van der Waals surface area (Å²) in [5.41, 5.74) is 0.695. The molecule has 8 heteroatoms. The second kappa shape index (κ2) is 6.42. The number of hydrogen-bond acceptors (Lipinski definition) is 6. The van der Waals surface area contributed by atoms with Crippen LogP contribution in [-0.2, 0) is 6.54 Å². The molecule has 118 valence electrons. The Morgan fingerprint density at radius 1 is 1.26 bits per heavy atom. The predicted molar refractivity (Wildman–Crippen MR) is 79.2 cm³/mol. The van der Waals surface area contributed by atoms with E-state index in [1.54, 1.807) is 24.5 Å². The molecule has 3 aromatic rings. The maximum Gasteiger partial charge on any atom is 0.321 e. The molecule has 0 spiro atoms. The van der Waals surface area contributed by atoms with E-state index in [1.165, 1.54) is 12.3 Å². The fourth-order valence-electron chi connectivity index (χ4n) is 2.19. The molecule has 8 nitrogen and oxygen atoms in total. The molecule has 0 radical (unpaired) electrons. The summed E-state index contributed by atoms with van der Waals surface area (Å²) >= 11 is 0. The number of ether oxygens (including phenoxy) is 1. The second-order valence-electron chi connectivity index (χ2n) is 4.76. The van der Waals surface area contributed by atoms with Crippen LogP contribution in [0.1, 0.15) is 10.5 Å². The Bertz CT molecular complexity index is 817. The molecule has 0 fully saturated rings. The molecule has 0 aliphatic rings. The van der Waals surface area contributed by atoms with Gasteiger partial charge < -0.3 is 9.30 Å². The number of amides is 1. The molecule has 3 aromatic heterocycles. The molecule has 0 aromatic carbocycles. The molecule has 1 amide bonds. The van der Waals surface area contributed by atoms with Crippen LogP contribution in [0.4, 0.5) is 0 Å². The molecule has 0 unspecified atom stereocenters. The van der Waals surface area contributed by atoms with E-state index in [9.17, 15) is 4.79 Å². The molecule has 3 rings (SSSR count). The Morgan fingerprint density at radius 2 is 2.04 bits per heavy atom. The average Bonchev–Trinajstić information content (AvgIpc) is 2.97. The zero-order chi connectivity index (χ0) is 16.2. The van der Waals surface area contributed by atoms with Crippen molar-refractivity contribution in [3.63, 3.8) is 0 Å². The molecule has 0 saturated carbocycles. The van der Waals surface area contributed by atoms with Gasteiger partial charge in [-0.3, -0.25) is 25.2 Å². The van der Waals surface area contributed by atoms with E-state index in [1.807, 2.05) is 16.8 Å². The first-order chi connectivity index (χ1) is 11.1. The third kappa shape index (κ3) is 3.28. The normalized spacial score (nSPS) is 10.7. The molecule has 2 N–H and O–H groups in total. The van der Waals surface area contributed by atoms with Gasteiger partial charge >= 0.3 is 5.91 Å². The number of carbonyl (C=O) groups excluding carboxylic acids is 1. The van der Waals surface area contributed by atoms with Crippen LogP contribution in [0.5, 0.6) is 5.75 Å². The van der Waals surface area contributed by atoms with Crippen molar-refractivity contribution >= 4 is 16.8 Å². The fourth-order valence-corrected chi connectivity index (χ4v) is 2.19. The van der Waals surface area contributed by atoms with Crippen molar-refractivity contribution < 1.29 is 19.9 Å². The minimum atomic E-state index is -0.993. The summed E-state index contributed by atoms with van der Waals surface area (Å²) in [4.78, 5) is 19.4. The van der Waals surface area contributed by atoms with Crippen LogP contribution in [0.15, 0.2) is 49.1 Å². The van der Waals surface area contributed by atoms with Crippen molar-refractivity contribution in [3.05, 3.63) is 54.7 Å². The Kier molecular flexibility index (Phi) is 4.18. The SMILES string of the molecule is O=C(c1cc2c(ccn2CCOc2ccncc2)cn1)N(O)O. The molecule has 0 saturated heterocycles. The molecule has 0 atom stereocenters. The van der Waals surface area contributed by atoms with Crippen LogP contribution in [-0.4, -0.2) is 42.7 Å². The lowest BCUT2D eigenvalue weighted by Crippen LogP contribution is -2.24. The van der Waals surface area contributed by atoms with E-state index >= 15 is 0 Å². The highest BCUT2D eigenvalue weighted by atomic mass is 16.8. The lowest BCUT2D eigenvalue weighted by atomic mass is 10.2. The van der Waals surface area contributed by atoms with Crippen molar-refractivity contribution in [3.8, 4) is 5.75 Å². The van der Waals surface area contributed by atoms with Gasteiger partial charge in [0.2, 0.25) is 0 Å². The van der Waals surface area contributed by atoms with Gasteiger partial charge in [-0.1, -0.05) is 5.23 Å². The molecule has 0 aliphatic heterocycles. The third-order valence-electron chi connectivity index (χ3n) is 3.31. The Balaban J connectivity index is 1.75. The molecular weight excluding hydrogens is 300 g/mol. The summed E-state index contributed by atoms with van der Waals surface area (Å²) in [6, 6.07) is 6.90. The van der Waals surface area contributed by atoms with Gasteiger partial charge in [-0.15, -0.1) is 0 Å². The van der Waals surface area contributed by atoms with E-state index in [0.29, 0.717) is 13.2 Å². The quantitative estimate of drug-likeness (QED) is 0.549. The van der Waals surface area contributed by atoms with Crippen LogP contribution in [0.25, 0.3) is 10.9 Å². The number of pyridine rings is 2. The summed E-state index contributed by atoms with van der Waals surface area (Å²) in [6.45, 7) is 0.997. The Labute approximate surface area is 131 Å². The monoisotopic (exact) mass is 314 g/mol. The zero-order valence-corrected chi connectivity index (χ0v) is 12.0. The first-order valence-corrected chi connectivity index (χ1v) is 6.85. The molecular formula is C15H14N4O4. The first kappa shape index (κ1) is 14.9. The number of carbonyl (C=O) groups is 1. The first-order valence-electron chi connectivity index (χ1n) is 6.85. The van der Waals surface area contributed by atoms with E-state index < -0.39 is 11.1 Å². The van der Waals surface area contributed by atoms with Crippen molar-refractivity contribution in [1.29, 1.82) is 0 Å². The third-order valence-corrected chi connectivity index (χ3v) is 3.31. The predicted octanol–water partition coefficient (Wildman–Crippen LogP) is 1.73. The summed E-state index contributed by atoms with van der Waals surface area (Å²) in [5, 5.41) is 18.0. The number of rotatable bonds is 5. The molecule has 3 heterocycles. The summed E-state index contributed by atoms with van der Waals surface area (Å²) in [5.74, 6) is -0.266. The number of hydrogen-bond donors (Lipinski definition) is 2. The minimum absolute atomic E-state index is 0.0579. The topological polar surface area (TPSA) is 101 Å². The van der Waals surface area contributed by atoms with Crippen LogP contribution < -0.4 is 4.74 Å². The summed E-state index contributed by atoms with van der Waals surface area (Å²) in [6.07, 6.45) is 6.66. The molecule has 23 heavy (non-hydrogen) atoms. The number of fused-ring (bicyclic) bond motifs is 1. The van der Waals surface area contributed by atoms with Crippen molar-refractivity contribution in [2.45, 2.75) is 6.54 Å². The number of nitrogens with zero attached hydrogens (tertiary/aromatic N) is 4. The Morgan fingerprint density at radius 3 is 2.78 bits per heavy atom. The van der Waals surface area contributed by atoms with Gasteiger partial charge in [0, 0.05) is 30.2 Å². The van der Waals surface area contributed by atoms with Gasteiger partial charge in [0.25, 0.3) is 0 Å². The van der Waals surface area contributed by atoms with Gasteiger partial charge in [-0.25, -0.2) is 0 Å².